The Morgan fingerprint density at radius 2 is 2.06 bits per heavy atom. The topological polar surface area (TPSA) is 50.3 Å². The van der Waals surface area contributed by atoms with Crippen LogP contribution < -0.4 is 4.90 Å². The minimum atomic E-state index is -0.619. The number of carbonyl (C=O) groups excluding carboxylic acids is 2. The fraction of sp³-hybridized carbons (Fsp3) is 0.364. The van der Waals surface area contributed by atoms with Crippen molar-refractivity contribution in [3.63, 3.8) is 0 Å². The van der Waals surface area contributed by atoms with Crippen LogP contribution in [0.5, 0.6) is 0 Å². The highest BCUT2D eigenvalue weighted by Gasteiger charge is 2.45. The molecule has 0 spiro atoms. The number of nitrogens with zero attached hydrogens (tertiary/aromatic N) is 2. The van der Waals surface area contributed by atoms with Gasteiger partial charge in [-0.25, -0.2) is 9.88 Å². The van der Waals surface area contributed by atoms with Crippen molar-refractivity contribution in [2.24, 2.45) is 5.41 Å². The van der Waals surface area contributed by atoms with E-state index in [1.54, 1.807) is 32.2 Å². The number of halogens is 1. The van der Waals surface area contributed by atoms with Crippen molar-refractivity contribution >= 4 is 33.6 Å². The van der Waals surface area contributed by atoms with Gasteiger partial charge in [-0.2, -0.15) is 0 Å². The first kappa shape index (κ1) is 11.3. The van der Waals surface area contributed by atoms with E-state index in [4.69, 9.17) is 0 Å². The van der Waals surface area contributed by atoms with Crippen LogP contribution in [-0.2, 0) is 9.59 Å². The summed E-state index contributed by atoms with van der Waals surface area (Å²) in [6.07, 6.45) is 1.81. The molecule has 1 aromatic heterocycles. The van der Waals surface area contributed by atoms with Crippen LogP contribution in [0.25, 0.3) is 0 Å². The number of amides is 2. The molecule has 1 fully saturated rings. The van der Waals surface area contributed by atoms with Gasteiger partial charge in [0.2, 0.25) is 11.8 Å². The normalized spacial score (nSPS) is 19.3. The fourth-order valence-electron chi connectivity index (χ4n) is 1.68. The van der Waals surface area contributed by atoms with Gasteiger partial charge in [0.05, 0.1) is 5.41 Å². The van der Waals surface area contributed by atoms with E-state index in [-0.39, 0.29) is 18.2 Å². The first-order valence-electron chi connectivity index (χ1n) is 4.91. The second-order valence-corrected chi connectivity index (χ2v) is 5.35. The van der Waals surface area contributed by atoms with Gasteiger partial charge >= 0.3 is 0 Å². The molecule has 2 rings (SSSR count). The van der Waals surface area contributed by atoms with Gasteiger partial charge in [0.1, 0.15) is 5.82 Å². The molecule has 0 unspecified atom stereocenters. The van der Waals surface area contributed by atoms with Crippen molar-refractivity contribution in [3.05, 3.63) is 22.8 Å². The van der Waals surface area contributed by atoms with Crippen molar-refractivity contribution in [3.8, 4) is 0 Å². The molecule has 1 aromatic rings. The molecule has 2 amide bonds. The predicted molar refractivity (Wildman–Crippen MR) is 62.8 cm³/mol. The van der Waals surface area contributed by atoms with E-state index in [1.807, 2.05) is 0 Å². The molecule has 0 saturated carbocycles. The molecule has 0 aromatic carbocycles. The maximum atomic E-state index is 12.0. The highest BCUT2D eigenvalue weighted by molar-refractivity contribution is 9.10. The number of imide groups is 1. The number of hydrogen-bond donors (Lipinski definition) is 0. The molecule has 84 valence electrons. The lowest BCUT2D eigenvalue weighted by atomic mass is 9.92. The number of carbonyl (C=O) groups is 2. The Hall–Kier alpha value is -1.23. The molecule has 0 radical (unpaired) electrons. The summed E-state index contributed by atoms with van der Waals surface area (Å²) in [5.74, 6) is 0.0147. The molecular formula is C11H11BrN2O2. The molecule has 2 heterocycles. The average Bonchev–Trinajstić information content (AvgIpc) is 2.39. The summed E-state index contributed by atoms with van der Waals surface area (Å²) >= 11 is 3.26. The zero-order valence-corrected chi connectivity index (χ0v) is 10.6. The summed E-state index contributed by atoms with van der Waals surface area (Å²) in [5, 5.41) is 0. The van der Waals surface area contributed by atoms with E-state index in [0.717, 1.165) is 9.37 Å². The Bertz CT molecular complexity index is 454. The summed E-state index contributed by atoms with van der Waals surface area (Å²) in [6, 6.07) is 3.41. The summed E-state index contributed by atoms with van der Waals surface area (Å²) in [6.45, 7) is 3.54. The van der Waals surface area contributed by atoms with Gasteiger partial charge in [0, 0.05) is 17.1 Å². The van der Waals surface area contributed by atoms with Crippen molar-refractivity contribution in [2.45, 2.75) is 20.3 Å². The monoisotopic (exact) mass is 282 g/mol. The maximum absolute atomic E-state index is 12.0. The summed E-state index contributed by atoms with van der Waals surface area (Å²) in [4.78, 5) is 28.9. The number of rotatable bonds is 1. The van der Waals surface area contributed by atoms with Crippen LogP contribution >= 0.6 is 15.9 Å². The third-order valence-electron chi connectivity index (χ3n) is 2.57. The first-order valence-corrected chi connectivity index (χ1v) is 5.70. The third kappa shape index (κ3) is 1.75. The molecule has 0 bridgehead atoms. The molecule has 1 aliphatic rings. The molecule has 1 saturated heterocycles. The number of anilines is 1. The second kappa shape index (κ2) is 3.66. The fourth-order valence-corrected chi connectivity index (χ4v) is 1.92. The van der Waals surface area contributed by atoms with Crippen LogP contribution in [0.15, 0.2) is 22.8 Å². The van der Waals surface area contributed by atoms with Crippen LogP contribution in [-0.4, -0.2) is 16.8 Å². The molecular weight excluding hydrogens is 272 g/mol. The number of pyridine rings is 1. The van der Waals surface area contributed by atoms with Gasteiger partial charge in [-0.05, 0) is 28.1 Å². The Labute approximate surface area is 102 Å². The molecule has 4 nitrogen and oxygen atoms in total. The quantitative estimate of drug-likeness (QED) is 0.742. The first-order chi connectivity index (χ1) is 7.42. The van der Waals surface area contributed by atoms with Crippen molar-refractivity contribution < 1.29 is 9.59 Å². The minimum Gasteiger partial charge on any atom is -0.274 e. The molecule has 0 atom stereocenters. The van der Waals surface area contributed by atoms with Crippen LogP contribution in [0, 0.1) is 5.41 Å². The summed E-state index contributed by atoms with van der Waals surface area (Å²) in [5.41, 5.74) is -0.619. The van der Waals surface area contributed by atoms with E-state index >= 15 is 0 Å². The van der Waals surface area contributed by atoms with Gasteiger partial charge < -0.3 is 0 Å². The van der Waals surface area contributed by atoms with E-state index in [0.29, 0.717) is 5.82 Å². The van der Waals surface area contributed by atoms with Crippen molar-refractivity contribution in [1.82, 2.24) is 4.98 Å². The highest BCUT2D eigenvalue weighted by atomic mass is 79.9. The summed E-state index contributed by atoms with van der Waals surface area (Å²) < 4.78 is 0.814. The van der Waals surface area contributed by atoms with E-state index in [1.165, 1.54) is 0 Å². The van der Waals surface area contributed by atoms with E-state index in [2.05, 4.69) is 20.9 Å². The standard InChI is InChI=1S/C11H11BrN2O2/c1-11(2)5-9(15)14(10(11)16)8-4-3-7(12)6-13-8/h3-4,6H,5H2,1-2H3. The second-order valence-electron chi connectivity index (χ2n) is 4.43. The van der Waals surface area contributed by atoms with Gasteiger partial charge in [-0.15, -0.1) is 0 Å². The van der Waals surface area contributed by atoms with Gasteiger partial charge in [0.25, 0.3) is 0 Å². The van der Waals surface area contributed by atoms with Crippen molar-refractivity contribution in [1.29, 1.82) is 0 Å². The third-order valence-corrected chi connectivity index (χ3v) is 3.03. The molecule has 0 N–H and O–H groups in total. The van der Waals surface area contributed by atoms with Gasteiger partial charge in [-0.3, -0.25) is 9.59 Å². The van der Waals surface area contributed by atoms with Crippen LogP contribution in [0.1, 0.15) is 20.3 Å². The Kier molecular flexibility index (Phi) is 2.58. The maximum Gasteiger partial charge on any atom is 0.241 e. The highest BCUT2D eigenvalue weighted by Crippen LogP contribution is 2.34. The zero-order valence-electron chi connectivity index (χ0n) is 9.03. The van der Waals surface area contributed by atoms with E-state index < -0.39 is 5.41 Å². The van der Waals surface area contributed by atoms with Gasteiger partial charge in [0.15, 0.2) is 0 Å². The average molecular weight is 283 g/mol. The lowest BCUT2D eigenvalue weighted by Crippen LogP contribution is -2.33. The zero-order chi connectivity index (χ0) is 11.9. The van der Waals surface area contributed by atoms with Crippen molar-refractivity contribution in [2.75, 3.05) is 4.90 Å². The Morgan fingerprint density at radius 1 is 1.38 bits per heavy atom. The van der Waals surface area contributed by atoms with Gasteiger partial charge in [-0.1, -0.05) is 13.8 Å². The Morgan fingerprint density at radius 3 is 2.50 bits per heavy atom. The largest absolute Gasteiger partial charge is 0.274 e. The smallest absolute Gasteiger partial charge is 0.241 e. The molecule has 5 heteroatoms. The minimum absolute atomic E-state index is 0.188. The predicted octanol–water partition coefficient (Wildman–Crippen LogP) is 2.13. The van der Waals surface area contributed by atoms with Crippen LogP contribution in [0.2, 0.25) is 0 Å². The molecule has 1 aliphatic heterocycles. The molecule has 16 heavy (non-hydrogen) atoms. The SMILES string of the molecule is CC1(C)CC(=O)N(c2ccc(Br)cn2)C1=O. The van der Waals surface area contributed by atoms with Crippen LogP contribution in [0.3, 0.4) is 0 Å². The van der Waals surface area contributed by atoms with Crippen LogP contribution in [0.4, 0.5) is 5.82 Å². The molecule has 0 aliphatic carbocycles. The lowest BCUT2D eigenvalue weighted by Gasteiger charge is -2.16. The summed E-state index contributed by atoms with van der Waals surface area (Å²) in [7, 11) is 0. The van der Waals surface area contributed by atoms with E-state index in [9.17, 15) is 9.59 Å². The number of aromatic nitrogens is 1. The lowest BCUT2D eigenvalue weighted by molar-refractivity contribution is -0.124. The Balaban J connectivity index is 2.39. The number of hydrogen-bond acceptors (Lipinski definition) is 3.